The lowest BCUT2D eigenvalue weighted by atomic mass is 9.77. The number of aryl methyl sites for hydroxylation is 1. The Morgan fingerprint density at radius 1 is 1.15 bits per heavy atom. The Morgan fingerprint density at radius 2 is 1.85 bits per heavy atom. The summed E-state index contributed by atoms with van der Waals surface area (Å²) in [4.78, 5) is 21.9. The van der Waals surface area contributed by atoms with Crippen molar-refractivity contribution in [1.82, 2.24) is 20.5 Å². The normalized spacial score (nSPS) is 24.3. The summed E-state index contributed by atoms with van der Waals surface area (Å²) in [6.07, 6.45) is 3.39. The SMILES string of the molecule is Cc1cccc(N2CCN(C(=O)C3CC4(CCNCC4)CN3)CC2)n1.Cl.Cl. The fourth-order valence-electron chi connectivity index (χ4n) is 4.51. The molecule has 0 radical (unpaired) electrons. The van der Waals surface area contributed by atoms with Gasteiger partial charge in [-0.15, -0.1) is 24.8 Å². The molecule has 0 saturated carbocycles. The zero-order valence-corrected chi connectivity index (χ0v) is 17.6. The van der Waals surface area contributed by atoms with Gasteiger partial charge >= 0.3 is 0 Å². The highest BCUT2D eigenvalue weighted by molar-refractivity contribution is 5.85. The summed E-state index contributed by atoms with van der Waals surface area (Å²) in [7, 11) is 0. The van der Waals surface area contributed by atoms with E-state index in [-0.39, 0.29) is 30.9 Å². The number of anilines is 1. The van der Waals surface area contributed by atoms with Gasteiger partial charge in [0.25, 0.3) is 0 Å². The molecule has 0 aliphatic carbocycles. The number of piperidine rings is 1. The average molecular weight is 416 g/mol. The summed E-state index contributed by atoms with van der Waals surface area (Å²) in [5.41, 5.74) is 1.39. The molecule has 27 heavy (non-hydrogen) atoms. The molecule has 6 nitrogen and oxygen atoms in total. The minimum absolute atomic E-state index is 0. The monoisotopic (exact) mass is 415 g/mol. The third kappa shape index (κ3) is 4.86. The number of pyridine rings is 1. The van der Waals surface area contributed by atoms with Gasteiger partial charge in [0.15, 0.2) is 0 Å². The van der Waals surface area contributed by atoms with E-state index in [1.54, 1.807) is 0 Å². The Balaban J connectivity index is 0.00000131. The molecule has 0 bridgehead atoms. The third-order valence-corrected chi connectivity index (χ3v) is 6.11. The number of halogens is 2. The maximum absolute atomic E-state index is 12.9. The molecule has 3 fully saturated rings. The van der Waals surface area contributed by atoms with Crippen LogP contribution in [-0.2, 0) is 4.79 Å². The Bertz CT molecular complexity index is 630. The fourth-order valence-corrected chi connectivity index (χ4v) is 4.51. The molecule has 152 valence electrons. The first-order valence-corrected chi connectivity index (χ1v) is 9.57. The van der Waals surface area contributed by atoms with Crippen LogP contribution in [-0.4, -0.2) is 67.6 Å². The van der Waals surface area contributed by atoms with Crippen LogP contribution in [0.5, 0.6) is 0 Å². The standard InChI is InChI=1S/C19H29N5O.2ClH/c1-15-3-2-4-17(22-15)23-9-11-24(12-10-23)18(25)16-13-19(14-21-16)5-7-20-8-6-19;;/h2-4,16,20-21H,5-14H2,1H3;2*1H. The number of piperazine rings is 1. The zero-order valence-electron chi connectivity index (χ0n) is 15.9. The maximum Gasteiger partial charge on any atom is 0.239 e. The molecular formula is C19H31Cl2N5O. The van der Waals surface area contributed by atoms with Crippen molar-refractivity contribution in [3.05, 3.63) is 23.9 Å². The summed E-state index contributed by atoms with van der Waals surface area (Å²) >= 11 is 0. The lowest BCUT2D eigenvalue weighted by Gasteiger charge is -2.37. The molecule has 3 aliphatic rings. The van der Waals surface area contributed by atoms with E-state index in [4.69, 9.17) is 0 Å². The number of hydrogen-bond donors (Lipinski definition) is 2. The van der Waals surface area contributed by atoms with E-state index in [9.17, 15) is 4.79 Å². The van der Waals surface area contributed by atoms with E-state index in [1.807, 2.05) is 17.9 Å². The molecule has 1 unspecified atom stereocenters. The number of aromatic nitrogens is 1. The van der Waals surface area contributed by atoms with Gasteiger partial charge in [0.2, 0.25) is 5.91 Å². The third-order valence-electron chi connectivity index (χ3n) is 6.11. The van der Waals surface area contributed by atoms with Crippen LogP contribution < -0.4 is 15.5 Å². The summed E-state index contributed by atoms with van der Waals surface area (Å²) in [6.45, 7) is 8.51. The number of carbonyl (C=O) groups is 1. The van der Waals surface area contributed by atoms with E-state index < -0.39 is 0 Å². The molecule has 2 N–H and O–H groups in total. The summed E-state index contributed by atoms with van der Waals surface area (Å²) in [5, 5.41) is 6.95. The van der Waals surface area contributed by atoms with E-state index in [0.717, 1.165) is 63.7 Å². The topological polar surface area (TPSA) is 60.5 Å². The van der Waals surface area contributed by atoms with E-state index in [1.165, 1.54) is 12.8 Å². The predicted molar refractivity (Wildman–Crippen MR) is 113 cm³/mol. The van der Waals surface area contributed by atoms with Crippen LogP contribution in [0.15, 0.2) is 18.2 Å². The molecule has 4 rings (SSSR count). The highest BCUT2D eigenvalue weighted by atomic mass is 35.5. The largest absolute Gasteiger partial charge is 0.353 e. The number of rotatable bonds is 2. The van der Waals surface area contributed by atoms with Crippen LogP contribution in [0.2, 0.25) is 0 Å². The van der Waals surface area contributed by atoms with Gasteiger partial charge in [0.05, 0.1) is 6.04 Å². The van der Waals surface area contributed by atoms with Gasteiger partial charge in [-0.25, -0.2) is 4.98 Å². The van der Waals surface area contributed by atoms with Gasteiger partial charge < -0.3 is 20.4 Å². The van der Waals surface area contributed by atoms with Crippen molar-refractivity contribution in [1.29, 1.82) is 0 Å². The molecule has 1 spiro atoms. The van der Waals surface area contributed by atoms with Crippen molar-refractivity contribution in [2.24, 2.45) is 5.41 Å². The fraction of sp³-hybridized carbons (Fsp3) is 0.684. The number of amides is 1. The molecule has 0 aromatic carbocycles. The van der Waals surface area contributed by atoms with Gasteiger partial charge in [-0.2, -0.15) is 0 Å². The first-order valence-electron chi connectivity index (χ1n) is 9.57. The van der Waals surface area contributed by atoms with Crippen molar-refractivity contribution in [2.45, 2.75) is 32.2 Å². The van der Waals surface area contributed by atoms with Crippen LogP contribution in [0.4, 0.5) is 5.82 Å². The molecule has 1 atom stereocenters. The lowest BCUT2D eigenvalue weighted by molar-refractivity contribution is -0.133. The second-order valence-electron chi connectivity index (χ2n) is 7.84. The molecule has 1 amide bonds. The second-order valence-corrected chi connectivity index (χ2v) is 7.84. The van der Waals surface area contributed by atoms with Gasteiger partial charge in [0, 0.05) is 38.4 Å². The molecule has 4 heterocycles. The van der Waals surface area contributed by atoms with Crippen LogP contribution in [0, 0.1) is 12.3 Å². The Hall–Kier alpha value is -1.08. The molecule has 3 saturated heterocycles. The Morgan fingerprint density at radius 3 is 2.52 bits per heavy atom. The Kier molecular flexibility index (Phi) is 7.74. The number of hydrogen-bond acceptors (Lipinski definition) is 5. The van der Waals surface area contributed by atoms with E-state index in [0.29, 0.717) is 11.3 Å². The Labute approximate surface area is 174 Å². The van der Waals surface area contributed by atoms with Crippen molar-refractivity contribution in [3.8, 4) is 0 Å². The molecule has 3 aliphatic heterocycles. The predicted octanol–water partition coefficient (Wildman–Crippen LogP) is 1.61. The lowest BCUT2D eigenvalue weighted by Crippen LogP contribution is -2.53. The van der Waals surface area contributed by atoms with Crippen LogP contribution in [0.1, 0.15) is 25.0 Å². The van der Waals surface area contributed by atoms with Crippen LogP contribution >= 0.6 is 24.8 Å². The van der Waals surface area contributed by atoms with Crippen LogP contribution in [0.3, 0.4) is 0 Å². The number of nitrogens with zero attached hydrogens (tertiary/aromatic N) is 3. The van der Waals surface area contributed by atoms with Crippen LogP contribution in [0.25, 0.3) is 0 Å². The second kappa shape index (κ2) is 9.41. The molecule has 1 aromatic rings. The molecule has 1 aromatic heterocycles. The van der Waals surface area contributed by atoms with Crippen molar-refractivity contribution in [3.63, 3.8) is 0 Å². The highest BCUT2D eigenvalue weighted by Crippen LogP contribution is 2.37. The van der Waals surface area contributed by atoms with Gasteiger partial charge in [0.1, 0.15) is 5.82 Å². The molecule has 8 heteroatoms. The summed E-state index contributed by atoms with van der Waals surface area (Å²) in [6, 6.07) is 6.15. The molecular weight excluding hydrogens is 385 g/mol. The average Bonchev–Trinajstić information content (AvgIpc) is 3.05. The van der Waals surface area contributed by atoms with Crippen molar-refractivity contribution >= 4 is 36.5 Å². The summed E-state index contributed by atoms with van der Waals surface area (Å²) in [5.74, 6) is 1.33. The first kappa shape index (κ1) is 22.2. The number of carbonyl (C=O) groups excluding carboxylic acids is 1. The van der Waals surface area contributed by atoms with Crippen molar-refractivity contribution < 1.29 is 4.79 Å². The highest BCUT2D eigenvalue weighted by Gasteiger charge is 2.43. The number of nitrogens with one attached hydrogen (secondary N) is 2. The minimum atomic E-state index is 0. The summed E-state index contributed by atoms with van der Waals surface area (Å²) < 4.78 is 0. The van der Waals surface area contributed by atoms with Crippen molar-refractivity contribution in [2.75, 3.05) is 50.7 Å². The van der Waals surface area contributed by atoms with Gasteiger partial charge in [-0.05, 0) is 56.8 Å². The zero-order chi connectivity index (χ0) is 17.3. The smallest absolute Gasteiger partial charge is 0.239 e. The van der Waals surface area contributed by atoms with E-state index >= 15 is 0 Å². The van der Waals surface area contributed by atoms with E-state index in [2.05, 4.69) is 32.7 Å². The maximum atomic E-state index is 12.9. The quantitative estimate of drug-likeness (QED) is 0.768. The first-order chi connectivity index (χ1) is 12.2. The minimum Gasteiger partial charge on any atom is -0.353 e. The van der Waals surface area contributed by atoms with Gasteiger partial charge in [-0.1, -0.05) is 6.07 Å². The van der Waals surface area contributed by atoms with Gasteiger partial charge in [-0.3, -0.25) is 4.79 Å².